The number of amides is 1. The second-order valence-corrected chi connectivity index (χ2v) is 3.14. The van der Waals surface area contributed by atoms with Crippen LogP contribution >= 0.6 is 0 Å². The van der Waals surface area contributed by atoms with Gasteiger partial charge < -0.3 is 16.0 Å². The highest BCUT2D eigenvalue weighted by molar-refractivity contribution is 5.76. The Morgan fingerprint density at radius 1 is 1.53 bits per heavy atom. The SMILES string of the molecule is CNC(=O)CCN(C)c1cnc(N)cn1. The molecule has 6 nitrogen and oxygen atoms in total. The number of nitrogens with two attached hydrogens (primary N) is 1. The fourth-order valence-corrected chi connectivity index (χ4v) is 1.04. The maximum Gasteiger partial charge on any atom is 0.221 e. The second-order valence-electron chi connectivity index (χ2n) is 3.14. The third kappa shape index (κ3) is 3.41. The molecule has 0 saturated carbocycles. The van der Waals surface area contributed by atoms with Crippen molar-refractivity contribution in [1.82, 2.24) is 15.3 Å². The third-order valence-corrected chi connectivity index (χ3v) is 2.00. The number of carbonyl (C=O) groups excluding carboxylic acids is 1. The minimum Gasteiger partial charge on any atom is -0.382 e. The molecule has 1 aromatic rings. The van der Waals surface area contributed by atoms with E-state index < -0.39 is 0 Å². The highest BCUT2D eigenvalue weighted by atomic mass is 16.1. The molecule has 1 aromatic heterocycles. The summed E-state index contributed by atoms with van der Waals surface area (Å²) in [5, 5.41) is 2.56. The molecule has 0 aliphatic rings. The summed E-state index contributed by atoms with van der Waals surface area (Å²) in [5.74, 6) is 1.09. The number of hydrogen-bond acceptors (Lipinski definition) is 5. The van der Waals surface area contributed by atoms with Crippen LogP contribution in [0.15, 0.2) is 12.4 Å². The Bertz CT molecular complexity index is 324. The Balaban J connectivity index is 2.50. The molecule has 1 amide bonds. The summed E-state index contributed by atoms with van der Waals surface area (Å²) in [6.07, 6.45) is 3.50. The van der Waals surface area contributed by atoms with Crippen molar-refractivity contribution in [3.63, 3.8) is 0 Å². The lowest BCUT2D eigenvalue weighted by Crippen LogP contribution is -2.26. The van der Waals surface area contributed by atoms with Gasteiger partial charge in [-0.25, -0.2) is 9.97 Å². The molecular formula is C9H15N5O. The van der Waals surface area contributed by atoms with Gasteiger partial charge in [0.25, 0.3) is 0 Å². The first-order chi connectivity index (χ1) is 7.13. The van der Waals surface area contributed by atoms with Crippen LogP contribution in [0.5, 0.6) is 0 Å². The quantitative estimate of drug-likeness (QED) is 0.707. The monoisotopic (exact) mass is 209 g/mol. The van der Waals surface area contributed by atoms with Gasteiger partial charge >= 0.3 is 0 Å². The number of nitrogens with zero attached hydrogens (tertiary/aromatic N) is 3. The van der Waals surface area contributed by atoms with Crippen molar-refractivity contribution in [2.24, 2.45) is 0 Å². The molecule has 1 rings (SSSR count). The molecule has 15 heavy (non-hydrogen) atoms. The molecule has 0 bridgehead atoms. The van der Waals surface area contributed by atoms with Gasteiger partial charge in [0.05, 0.1) is 12.4 Å². The van der Waals surface area contributed by atoms with Crippen LogP contribution < -0.4 is 16.0 Å². The van der Waals surface area contributed by atoms with E-state index in [4.69, 9.17) is 5.73 Å². The van der Waals surface area contributed by atoms with Crippen molar-refractivity contribution >= 4 is 17.5 Å². The standard InChI is InChI=1S/C9H15N5O/c1-11-9(15)3-4-14(2)8-6-12-7(10)5-13-8/h5-6H,3-4H2,1-2H3,(H2,10,12)(H,11,15). The molecule has 0 saturated heterocycles. The Morgan fingerprint density at radius 3 is 2.80 bits per heavy atom. The first-order valence-electron chi connectivity index (χ1n) is 4.62. The zero-order valence-corrected chi connectivity index (χ0v) is 8.90. The van der Waals surface area contributed by atoms with Gasteiger partial charge in [-0.1, -0.05) is 0 Å². The summed E-state index contributed by atoms with van der Waals surface area (Å²) in [5.41, 5.74) is 5.41. The Labute approximate surface area is 88.5 Å². The molecule has 0 spiro atoms. The molecule has 0 unspecified atom stereocenters. The molecule has 3 N–H and O–H groups in total. The van der Waals surface area contributed by atoms with Crippen LogP contribution in [0.3, 0.4) is 0 Å². The van der Waals surface area contributed by atoms with Crippen LogP contribution in [-0.2, 0) is 4.79 Å². The number of nitrogen functional groups attached to an aromatic ring is 1. The smallest absolute Gasteiger partial charge is 0.221 e. The van der Waals surface area contributed by atoms with Crippen LogP contribution in [0.1, 0.15) is 6.42 Å². The van der Waals surface area contributed by atoms with E-state index in [9.17, 15) is 4.79 Å². The average Bonchev–Trinajstić information content (AvgIpc) is 2.26. The maximum atomic E-state index is 11.0. The molecule has 1 heterocycles. The molecule has 0 aliphatic carbocycles. The zero-order chi connectivity index (χ0) is 11.3. The predicted molar refractivity (Wildman–Crippen MR) is 58.4 cm³/mol. The van der Waals surface area contributed by atoms with Crippen LogP contribution in [0, 0.1) is 0 Å². The van der Waals surface area contributed by atoms with Crippen molar-refractivity contribution in [2.75, 3.05) is 31.3 Å². The molecule has 0 aromatic carbocycles. The lowest BCUT2D eigenvalue weighted by atomic mass is 10.3. The molecular weight excluding hydrogens is 194 g/mol. The normalized spacial score (nSPS) is 9.73. The van der Waals surface area contributed by atoms with Crippen molar-refractivity contribution < 1.29 is 4.79 Å². The number of hydrogen-bond donors (Lipinski definition) is 2. The summed E-state index contributed by atoms with van der Waals surface area (Å²) < 4.78 is 0. The van der Waals surface area contributed by atoms with Gasteiger partial charge in [-0.2, -0.15) is 0 Å². The Morgan fingerprint density at radius 2 is 2.27 bits per heavy atom. The van der Waals surface area contributed by atoms with E-state index in [0.29, 0.717) is 24.6 Å². The van der Waals surface area contributed by atoms with E-state index in [2.05, 4.69) is 15.3 Å². The van der Waals surface area contributed by atoms with Gasteiger partial charge in [-0.15, -0.1) is 0 Å². The van der Waals surface area contributed by atoms with Gasteiger partial charge in [0, 0.05) is 27.1 Å². The highest BCUT2D eigenvalue weighted by Crippen LogP contribution is 2.07. The lowest BCUT2D eigenvalue weighted by Gasteiger charge is -2.16. The Kier molecular flexibility index (Phi) is 3.84. The second kappa shape index (κ2) is 5.14. The van der Waals surface area contributed by atoms with Crippen molar-refractivity contribution in [1.29, 1.82) is 0 Å². The van der Waals surface area contributed by atoms with E-state index in [1.54, 1.807) is 13.2 Å². The van der Waals surface area contributed by atoms with Crippen molar-refractivity contribution in [2.45, 2.75) is 6.42 Å². The largest absolute Gasteiger partial charge is 0.382 e. The van der Waals surface area contributed by atoms with Gasteiger partial charge in [0.1, 0.15) is 11.6 Å². The summed E-state index contributed by atoms with van der Waals surface area (Å²) in [7, 11) is 3.47. The summed E-state index contributed by atoms with van der Waals surface area (Å²) in [6.45, 7) is 0.596. The van der Waals surface area contributed by atoms with Crippen LogP contribution in [-0.4, -0.2) is 36.5 Å². The van der Waals surface area contributed by atoms with E-state index in [0.717, 1.165) is 0 Å². The zero-order valence-electron chi connectivity index (χ0n) is 8.90. The third-order valence-electron chi connectivity index (χ3n) is 2.00. The molecule has 6 heteroatoms. The summed E-state index contributed by atoms with van der Waals surface area (Å²) >= 11 is 0. The van der Waals surface area contributed by atoms with Crippen LogP contribution in [0.4, 0.5) is 11.6 Å². The molecule has 0 atom stereocenters. The minimum absolute atomic E-state index is 0.00486. The number of anilines is 2. The Hall–Kier alpha value is -1.85. The predicted octanol–water partition coefficient (Wildman–Crippen LogP) is -0.369. The van der Waals surface area contributed by atoms with Gasteiger partial charge in [-0.3, -0.25) is 4.79 Å². The van der Waals surface area contributed by atoms with Crippen molar-refractivity contribution in [3.05, 3.63) is 12.4 Å². The van der Waals surface area contributed by atoms with Crippen LogP contribution in [0.2, 0.25) is 0 Å². The molecule has 82 valence electrons. The summed E-state index contributed by atoms with van der Waals surface area (Å²) in [6, 6.07) is 0. The lowest BCUT2D eigenvalue weighted by molar-refractivity contribution is -0.120. The molecule has 0 aliphatic heterocycles. The number of carbonyl (C=O) groups is 1. The molecule has 0 fully saturated rings. The first kappa shape index (κ1) is 11.2. The number of nitrogens with one attached hydrogen (secondary N) is 1. The maximum absolute atomic E-state index is 11.0. The molecule has 0 radical (unpaired) electrons. The fourth-order valence-electron chi connectivity index (χ4n) is 1.04. The number of rotatable bonds is 4. The van der Waals surface area contributed by atoms with Gasteiger partial charge in [-0.05, 0) is 0 Å². The van der Waals surface area contributed by atoms with Crippen molar-refractivity contribution in [3.8, 4) is 0 Å². The van der Waals surface area contributed by atoms with E-state index in [1.165, 1.54) is 6.20 Å². The van der Waals surface area contributed by atoms with Crippen LogP contribution in [0.25, 0.3) is 0 Å². The average molecular weight is 209 g/mol. The number of aromatic nitrogens is 2. The summed E-state index contributed by atoms with van der Waals surface area (Å²) in [4.78, 5) is 20.9. The van der Waals surface area contributed by atoms with Gasteiger partial charge in [0.15, 0.2) is 0 Å². The van der Waals surface area contributed by atoms with E-state index in [1.807, 2.05) is 11.9 Å². The highest BCUT2D eigenvalue weighted by Gasteiger charge is 2.05. The van der Waals surface area contributed by atoms with E-state index >= 15 is 0 Å². The van der Waals surface area contributed by atoms with E-state index in [-0.39, 0.29) is 5.91 Å². The van der Waals surface area contributed by atoms with Gasteiger partial charge in [0.2, 0.25) is 5.91 Å². The fraction of sp³-hybridized carbons (Fsp3) is 0.444. The minimum atomic E-state index is 0.00486. The topological polar surface area (TPSA) is 84.1 Å². The first-order valence-corrected chi connectivity index (χ1v) is 4.62.